The summed E-state index contributed by atoms with van der Waals surface area (Å²) >= 11 is 0. The number of hydrogen-bond donors (Lipinski definition) is 2. The lowest BCUT2D eigenvalue weighted by Gasteiger charge is -2.08. The summed E-state index contributed by atoms with van der Waals surface area (Å²) in [7, 11) is 1.64. The van der Waals surface area contributed by atoms with Crippen LogP contribution < -0.4 is 15.5 Å². The number of amides is 2. The molecule has 0 fully saturated rings. The normalized spacial score (nSPS) is 10.7. The maximum Gasteiger partial charge on any atom is 0.339 e. The van der Waals surface area contributed by atoms with Gasteiger partial charge in [0, 0.05) is 17.6 Å². The molecule has 6 nitrogen and oxygen atoms in total. The zero-order valence-electron chi connectivity index (χ0n) is 14.6. The van der Waals surface area contributed by atoms with E-state index in [1.165, 1.54) is 0 Å². The molecular weight excluding hydrogens is 328 g/mol. The quantitative estimate of drug-likeness (QED) is 0.541. The first-order valence-electron chi connectivity index (χ1n) is 8.15. The molecule has 132 valence electrons. The summed E-state index contributed by atoms with van der Waals surface area (Å²) in [5, 5.41) is 6.79. The van der Waals surface area contributed by atoms with E-state index in [0.717, 1.165) is 28.4 Å². The summed E-state index contributed by atoms with van der Waals surface area (Å²) in [6, 6.07) is 18.7. The molecule has 0 aliphatic heterocycles. The molecule has 6 heteroatoms. The van der Waals surface area contributed by atoms with Gasteiger partial charge in [0.15, 0.2) is 0 Å². The Bertz CT molecular complexity index is 914. The Labute approximate surface area is 152 Å². The number of para-hydroxylation sites is 1. The van der Waals surface area contributed by atoms with Gasteiger partial charge in [0.1, 0.15) is 5.75 Å². The summed E-state index contributed by atoms with van der Waals surface area (Å²) < 4.78 is 7.14. The van der Waals surface area contributed by atoms with Crippen LogP contribution in [0.25, 0.3) is 5.69 Å². The van der Waals surface area contributed by atoms with E-state index in [1.54, 1.807) is 13.3 Å². The highest BCUT2D eigenvalue weighted by Crippen LogP contribution is 2.16. The predicted octanol–water partition coefficient (Wildman–Crippen LogP) is 3.95. The fourth-order valence-electron chi connectivity index (χ4n) is 2.50. The summed E-state index contributed by atoms with van der Waals surface area (Å²) in [4.78, 5) is 12.0. The third-order valence-corrected chi connectivity index (χ3v) is 3.89. The molecule has 3 rings (SSSR count). The lowest BCUT2D eigenvalue weighted by molar-refractivity contribution is 0.252. The van der Waals surface area contributed by atoms with Crippen molar-refractivity contribution in [3.8, 4) is 11.4 Å². The number of hydrazone groups is 1. The average Bonchev–Trinajstić information content (AvgIpc) is 3.12. The molecule has 0 atom stereocenters. The molecule has 1 aromatic heterocycles. The summed E-state index contributed by atoms with van der Waals surface area (Å²) in [5.41, 5.74) is 6.03. The number of aryl methyl sites for hydroxylation is 1. The highest BCUT2D eigenvalue weighted by molar-refractivity contribution is 5.91. The Balaban J connectivity index is 1.65. The molecule has 0 unspecified atom stereocenters. The van der Waals surface area contributed by atoms with Crippen LogP contribution in [0.3, 0.4) is 0 Å². The second-order valence-corrected chi connectivity index (χ2v) is 5.64. The number of ether oxygens (including phenoxy) is 1. The molecule has 2 N–H and O–H groups in total. The third-order valence-electron chi connectivity index (χ3n) is 3.89. The highest BCUT2D eigenvalue weighted by Gasteiger charge is 2.04. The van der Waals surface area contributed by atoms with E-state index in [4.69, 9.17) is 4.74 Å². The number of aromatic nitrogens is 1. The van der Waals surface area contributed by atoms with Gasteiger partial charge >= 0.3 is 6.03 Å². The van der Waals surface area contributed by atoms with Crippen molar-refractivity contribution in [2.45, 2.75) is 6.92 Å². The molecule has 2 amide bonds. The Morgan fingerprint density at radius 3 is 2.58 bits per heavy atom. The largest absolute Gasteiger partial charge is 0.497 e. The number of carbonyl (C=O) groups excluding carboxylic acids is 1. The van der Waals surface area contributed by atoms with Gasteiger partial charge in [0.25, 0.3) is 0 Å². The van der Waals surface area contributed by atoms with Crippen molar-refractivity contribution in [2.24, 2.45) is 5.10 Å². The van der Waals surface area contributed by atoms with Crippen molar-refractivity contribution in [3.63, 3.8) is 0 Å². The topological polar surface area (TPSA) is 67.6 Å². The van der Waals surface area contributed by atoms with E-state index >= 15 is 0 Å². The Hall–Kier alpha value is -3.54. The molecular formula is C20H20N4O2. The van der Waals surface area contributed by atoms with Crippen molar-refractivity contribution < 1.29 is 9.53 Å². The van der Waals surface area contributed by atoms with E-state index in [0.29, 0.717) is 0 Å². The van der Waals surface area contributed by atoms with Gasteiger partial charge in [0.2, 0.25) is 0 Å². The van der Waals surface area contributed by atoms with Gasteiger partial charge in [-0.1, -0.05) is 18.2 Å². The van der Waals surface area contributed by atoms with Gasteiger partial charge in [-0.3, -0.25) is 0 Å². The Morgan fingerprint density at radius 1 is 1.08 bits per heavy atom. The van der Waals surface area contributed by atoms with Crippen LogP contribution in [0, 0.1) is 6.92 Å². The fraction of sp³-hybridized carbons (Fsp3) is 0.100. The minimum absolute atomic E-state index is 0.391. The van der Waals surface area contributed by atoms with Crippen LogP contribution in [0.5, 0.6) is 5.75 Å². The molecule has 2 aromatic carbocycles. The molecule has 1 heterocycles. The maximum absolute atomic E-state index is 12.0. The highest BCUT2D eigenvalue weighted by atomic mass is 16.5. The monoisotopic (exact) mass is 348 g/mol. The van der Waals surface area contributed by atoms with Crippen LogP contribution in [0.2, 0.25) is 0 Å². The summed E-state index contributed by atoms with van der Waals surface area (Å²) in [6.45, 7) is 1.93. The fourth-order valence-corrected chi connectivity index (χ4v) is 2.50. The molecule has 0 saturated carbocycles. The molecule has 26 heavy (non-hydrogen) atoms. The van der Waals surface area contributed by atoms with Gasteiger partial charge in [-0.2, -0.15) is 5.10 Å². The second-order valence-electron chi connectivity index (χ2n) is 5.64. The number of methoxy groups -OCH3 is 1. The number of nitrogens with zero attached hydrogens (tertiary/aromatic N) is 2. The molecule has 0 saturated heterocycles. The van der Waals surface area contributed by atoms with Crippen LogP contribution in [-0.2, 0) is 0 Å². The number of rotatable bonds is 5. The molecule has 0 spiro atoms. The van der Waals surface area contributed by atoms with Crippen LogP contribution in [0.1, 0.15) is 11.3 Å². The average molecular weight is 348 g/mol. The summed E-state index contributed by atoms with van der Waals surface area (Å²) in [5.74, 6) is 0.797. The Morgan fingerprint density at radius 2 is 1.85 bits per heavy atom. The summed E-state index contributed by atoms with van der Waals surface area (Å²) in [6.07, 6.45) is 3.53. The van der Waals surface area contributed by atoms with Crippen molar-refractivity contribution in [1.82, 2.24) is 9.99 Å². The van der Waals surface area contributed by atoms with Gasteiger partial charge in [0.05, 0.1) is 19.0 Å². The van der Waals surface area contributed by atoms with Crippen molar-refractivity contribution in [3.05, 3.63) is 78.1 Å². The number of hydrogen-bond acceptors (Lipinski definition) is 3. The van der Waals surface area contributed by atoms with Crippen molar-refractivity contribution in [2.75, 3.05) is 12.4 Å². The van der Waals surface area contributed by atoms with Crippen LogP contribution in [0.4, 0.5) is 10.5 Å². The lowest BCUT2D eigenvalue weighted by atomic mass is 10.2. The minimum atomic E-state index is -0.391. The first kappa shape index (κ1) is 17.3. The first-order valence-corrected chi connectivity index (χ1v) is 8.15. The van der Waals surface area contributed by atoms with Crippen LogP contribution in [-0.4, -0.2) is 23.9 Å². The van der Waals surface area contributed by atoms with E-state index < -0.39 is 6.03 Å². The number of benzene rings is 2. The number of anilines is 1. The third kappa shape index (κ3) is 4.10. The van der Waals surface area contributed by atoms with Gasteiger partial charge in [-0.15, -0.1) is 0 Å². The lowest BCUT2D eigenvalue weighted by Crippen LogP contribution is -2.24. The number of nitrogens with one attached hydrogen (secondary N) is 2. The van der Waals surface area contributed by atoms with Gasteiger partial charge in [-0.05, 0) is 55.0 Å². The predicted molar refractivity (Wildman–Crippen MR) is 103 cm³/mol. The van der Waals surface area contributed by atoms with E-state index in [1.807, 2.05) is 78.4 Å². The maximum atomic E-state index is 12.0. The number of carbonyl (C=O) groups is 1. The molecule has 0 bridgehead atoms. The number of urea groups is 1. The zero-order valence-corrected chi connectivity index (χ0v) is 14.6. The minimum Gasteiger partial charge on any atom is -0.497 e. The van der Waals surface area contributed by atoms with Gasteiger partial charge in [-0.25, -0.2) is 10.2 Å². The second kappa shape index (κ2) is 8.02. The molecule has 0 aliphatic rings. The van der Waals surface area contributed by atoms with E-state index in [9.17, 15) is 4.79 Å². The Kier molecular flexibility index (Phi) is 5.34. The molecule has 3 aromatic rings. The van der Waals surface area contributed by atoms with Crippen molar-refractivity contribution in [1.29, 1.82) is 0 Å². The van der Waals surface area contributed by atoms with E-state index in [2.05, 4.69) is 15.8 Å². The standard InChI is InChI=1S/C20H20N4O2/c1-15-6-3-4-8-19(15)22-20(25)23-21-14-17-7-5-13-24(17)16-9-11-18(26-2)12-10-16/h3-14H,1-2H3,(H2,22,23,25)/b21-14+. The molecule has 0 radical (unpaired) electrons. The van der Waals surface area contributed by atoms with Gasteiger partial charge < -0.3 is 14.6 Å². The van der Waals surface area contributed by atoms with E-state index in [-0.39, 0.29) is 0 Å². The first-order chi connectivity index (χ1) is 12.7. The smallest absolute Gasteiger partial charge is 0.339 e. The van der Waals surface area contributed by atoms with Crippen LogP contribution >= 0.6 is 0 Å². The molecule has 0 aliphatic carbocycles. The zero-order chi connectivity index (χ0) is 18.4. The van der Waals surface area contributed by atoms with Crippen molar-refractivity contribution >= 4 is 17.9 Å². The van der Waals surface area contributed by atoms with Crippen LogP contribution in [0.15, 0.2) is 72.0 Å². The SMILES string of the molecule is COc1ccc(-n2cccc2/C=N/NC(=O)Nc2ccccc2C)cc1.